The first-order valence-corrected chi connectivity index (χ1v) is 8.20. The lowest BCUT2D eigenvalue weighted by atomic mass is 9.86. The van der Waals surface area contributed by atoms with Crippen LogP contribution in [0.5, 0.6) is 0 Å². The highest BCUT2D eigenvalue weighted by atomic mass is 32.2. The van der Waals surface area contributed by atoms with Crippen molar-refractivity contribution in [2.75, 3.05) is 11.5 Å². The molecule has 5 N–H and O–H groups in total. The van der Waals surface area contributed by atoms with E-state index < -0.39 is 0 Å². The molecular weight excluding hydrogens is 286 g/mol. The average molecular weight is 309 g/mol. The van der Waals surface area contributed by atoms with Gasteiger partial charge in [0.05, 0.1) is 5.25 Å². The lowest BCUT2D eigenvalue weighted by molar-refractivity contribution is -0.121. The number of nitrogen functional groups attached to an aromatic ring is 2. The van der Waals surface area contributed by atoms with Crippen molar-refractivity contribution in [2.24, 2.45) is 5.92 Å². The van der Waals surface area contributed by atoms with Gasteiger partial charge in [-0.15, -0.1) is 0 Å². The second kappa shape index (κ2) is 6.98. The van der Waals surface area contributed by atoms with Gasteiger partial charge in [-0.05, 0) is 25.7 Å². The molecular formula is C14H23N5OS. The highest BCUT2D eigenvalue weighted by molar-refractivity contribution is 8.00. The standard InChI is InChI=1S/C14H23N5OS/c1-8-5-3-4-6-10(8)17-13(20)9(2)21-14-18-11(15)7-12(16)19-14/h7-10H,3-6H2,1-2H3,(H,17,20)(H4,15,16,18,19). The molecule has 1 heterocycles. The summed E-state index contributed by atoms with van der Waals surface area (Å²) in [7, 11) is 0. The van der Waals surface area contributed by atoms with Crippen LogP contribution in [0.3, 0.4) is 0 Å². The van der Waals surface area contributed by atoms with Crippen molar-refractivity contribution >= 4 is 29.3 Å². The highest BCUT2D eigenvalue weighted by Crippen LogP contribution is 2.25. The molecule has 0 spiro atoms. The number of thioether (sulfide) groups is 1. The summed E-state index contributed by atoms with van der Waals surface area (Å²) >= 11 is 1.28. The summed E-state index contributed by atoms with van der Waals surface area (Å²) in [5, 5.41) is 3.30. The summed E-state index contributed by atoms with van der Waals surface area (Å²) < 4.78 is 0. The molecule has 6 nitrogen and oxygen atoms in total. The highest BCUT2D eigenvalue weighted by Gasteiger charge is 2.25. The molecule has 1 saturated carbocycles. The lowest BCUT2D eigenvalue weighted by Gasteiger charge is -2.30. The molecule has 0 saturated heterocycles. The van der Waals surface area contributed by atoms with E-state index in [1.165, 1.54) is 37.1 Å². The van der Waals surface area contributed by atoms with Crippen LogP contribution < -0.4 is 16.8 Å². The van der Waals surface area contributed by atoms with Crippen LogP contribution in [0.15, 0.2) is 11.2 Å². The van der Waals surface area contributed by atoms with Crippen molar-refractivity contribution < 1.29 is 4.79 Å². The third-order valence-corrected chi connectivity index (χ3v) is 4.80. The van der Waals surface area contributed by atoms with Gasteiger partial charge in [0.25, 0.3) is 0 Å². The fraction of sp³-hybridized carbons (Fsp3) is 0.643. The van der Waals surface area contributed by atoms with Crippen LogP contribution >= 0.6 is 11.8 Å². The molecule has 1 aromatic heterocycles. The zero-order valence-electron chi connectivity index (χ0n) is 12.5. The van der Waals surface area contributed by atoms with Crippen molar-refractivity contribution in [2.45, 2.75) is 56.0 Å². The van der Waals surface area contributed by atoms with Crippen molar-refractivity contribution in [1.82, 2.24) is 15.3 Å². The molecule has 0 aromatic carbocycles. The van der Waals surface area contributed by atoms with Crippen LogP contribution in [0.4, 0.5) is 11.6 Å². The molecule has 2 rings (SSSR count). The van der Waals surface area contributed by atoms with Crippen LogP contribution in [-0.4, -0.2) is 27.2 Å². The Hall–Kier alpha value is -1.50. The van der Waals surface area contributed by atoms with E-state index in [2.05, 4.69) is 22.2 Å². The van der Waals surface area contributed by atoms with Crippen LogP contribution in [0.25, 0.3) is 0 Å². The number of aromatic nitrogens is 2. The zero-order valence-corrected chi connectivity index (χ0v) is 13.3. The van der Waals surface area contributed by atoms with Gasteiger partial charge in [0.15, 0.2) is 5.16 Å². The predicted molar refractivity (Wildman–Crippen MR) is 85.7 cm³/mol. The number of nitrogens with zero attached hydrogens (tertiary/aromatic N) is 2. The summed E-state index contributed by atoms with van der Waals surface area (Å²) in [5.74, 6) is 1.19. The monoisotopic (exact) mass is 309 g/mol. The van der Waals surface area contributed by atoms with Gasteiger partial charge >= 0.3 is 0 Å². The number of amides is 1. The minimum absolute atomic E-state index is 0.0170. The van der Waals surface area contributed by atoms with Crippen molar-refractivity contribution in [1.29, 1.82) is 0 Å². The normalized spacial score (nSPS) is 23.5. The van der Waals surface area contributed by atoms with Crippen molar-refractivity contribution in [3.63, 3.8) is 0 Å². The largest absolute Gasteiger partial charge is 0.383 e. The van der Waals surface area contributed by atoms with Gasteiger partial charge in [-0.3, -0.25) is 4.79 Å². The SMILES string of the molecule is CC(Sc1nc(N)cc(N)n1)C(=O)NC1CCCCC1C. The summed E-state index contributed by atoms with van der Waals surface area (Å²) in [6.07, 6.45) is 4.69. The van der Waals surface area contributed by atoms with Gasteiger partial charge in [-0.1, -0.05) is 31.5 Å². The molecule has 0 bridgehead atoms. The number of carbonyl (C=O) groups excluding carboxylic acids is 1. The van der Waals surface area contributed by atoms with Gasteiger partial charge in [0.2, 0.25) is 5.91 Å². The molecule has 7 heteroatoms. The quantitative estimate of drug-likeness (QED) is 0.578. The zero-order chi connectivity index (χ0) is 15.4. The van der Waals surface area contributed by atoms with E-state index in [-0.39, 0.29) is 17.2 Å². The van der Waals surface area contributed by atoms with E-state index in [0.717, 1.165) is 6.42 Å². The summed E-state index contributed by atoms with van der Waals surface area (Å²) in [5.41, 5.74) is 11.3. The van der Waals surface area contributed by atoms with Crippen LogP contribution in [0, 0.1) is 5.92 Å². The topological polar surface area (TPSA) is 107 Å². The molecule has 3 atom stereocenters. The molecule has 0 aliphatic heterocycles. The fourth-order valence-corrected chi connectivity index (χ4v) is 3.36. The first kappa shape index (κ1) is 15.9. The number of hydrogen-bond acceptors (Lipinski definition) is 6. The van der Waals surface area contributed by atoms with Crippen LogP contribution in [0.2, 0.25) is 0 Å². The number of carbonyl (C=O) groups is 1. The van der Waals surface area contributed by atoms with Gasteiger partial charge in [0.1, 0.15) is 11.6 Å². The second-order valence-electron chi connectivity index (χ2n) is 5.64. The van der Waals surface area contributed by atoms with Crippen LogP contribution in [0.1, 0.15) is 39.5 Å². The maximum Gasteiger partial charge on any atom is 0.233 e. The first-order chi connectivity index (χ1) is 9.95. The van der Waals surface area contributed by atoms with E-state index in [1.54, 1.807) is 0 Å². The van der Waals surface area contributed by atoms with E-state index in [9.17, 15) is 4.79 Å². The summed E-state index contributed by atoms with van der Waals surface area (Å²) in [6, 6.07) is 1.78. The number of anilines is 2. The first-order valence-electron chi connectivity index (χ1n) is 7.32. The average Bonchev–Trinajstić information content (AvgIpc) is 2.40. The van der Waals surface area contributed by atoms with E-state index >= 15 is 0 Å². The van der Waals surface area contributed by atoms with Gasteiger partial charge in [-0.25, -0.2) is 9.97 Å². The van der Waals surface area contributed by atoms with E-state index in [0.29, 0.717) is 22.7 Å². The molecule has 1 fully saturated rings. The molecule has 1 aromatic rings. The van der Waals surface area contributed by atoms with Crippen LogP contribution in [-0.2, 0) is 4.79 Å². The number of hydrogen-bond donors (Lipinski definition) is 3. The lowest BCUT2D eigenvalue weighted by Crippen LogP contribution is -2.44. The van der Waals surface area contributed by atoms with Crippen molar-refractivity contribution in [3.8, 4) is 0 Å². The Morgan fingerprint density at radius 2 is 1.95 bits per heavy atom. The Labute approximate surface area is 129 Å². The molecule has 3 unspecified atom stereocenters. The third kappa shape index (κ3) is 4.49. The molecule has 1 aliphatic rings. The second-order valence-corrected chi connectivity index (χ2v) is 6.95. The Balaban J connectivity index is 1.92. The van der Waals surface area contributed by atoms with Gasteiger partial charge in [0, 0.05) is 12.1 Å². The Morgan fingerprint density at radius 3 is 2.57 bits per heavy atom. The Morgan fingerprint density at radius 1 is 1.33 bits per heavy atom. The molecule has 0 radical (unpaired) electrons. The Kier molecular flexibility index (Phi) is 5.27. The number of rotatable bonds is 4. The van der Waals surface area contributed by atoms with E-state index in [4.69, 9.17) is 11.5 Å². The Bertz CT molecular complexity index is 490. The molecule has 1 amide bonds. The maximum atomic E-state index is 12.3. The van der Waals surface area contributed by atoms with E-state index in [1.807, 2.05) is 6.92 Å². The minimum Gasteiger partial charge on any atom is -0.383 e. The summed E-state index contributed by atoms with van der Waals surface area (Å²) in [4.78, 5) is 20.5. The van der Waals surface area contributed by atoms with Gasteiger partial charge in [-0.2, -0.15) is 0 Å². The third-order valence-electron chi connectivity index (χ3n) is 3.84. The number of nitrogens with two attached hydrogens (primary N) is 2. The summed E-state index contributed by atoms with van der Waals surface area (Å²) in [6.45, 7) is 4.04. The van der Waals surface area contributed by atoms with Crippen molar-refractivity contribution in [3.05, 3.63) is 6.07 Å². The number of nitrogens with one attached hydrogen (secondary N) is 1. The maximum absolute atomic E-state index is 12.3. The molecule has 1 aliphatic carbocycles. The predicted octanol–water partition coefficient (Wildman–Crippen LogP) is 1.82. The molecule has 116 valence electrons. The smallest absolute Gasteiger partial charge is 0.233 e. The molecule has 21 heavy (non-hydrogen) atoms. The minimum atomic E-state index is -0.277. The fourth-order valence-electron chi connectivity index (χ4n) is 2.56. The van der Waals surface area contributed by atoms with Gasteiger partial charge < -0.3 is 16.8 Å².